The lowest BCUT2D eigenvalue weighted by molar-refractivity contribution is -0.121. The minimum atomic E-state index is -0.510. The van der Waals surface area contributed by atoms with Crippen LogP contribution in [0.15, 0.2) is 0 Å². The van der Waals surface area contributed by atoms with Crippen molar-refractivity contribution in [2.24, 2.45) is 0 Å². The third-order valence-corrected chi connectivity index (χ3v) is 4.61. The highest BCUT2D eigenvalue weighted by atomic mass is 16.5. The molecule has 1 N–H and O–H groups in total. The van der Waals surface area contributed by atoms with Crippen molar-refractivity contribution in [1.82, 2.24) is 0 Å². The number of carbonyl (C=O) groups is 1. The van der Waals surface area contributed by atoms with Crippen LogP contribution in [0.3, 0.4) is 0 Å². The van der Waals surface area contributed by atoms with E-state index in [0.29, 0.717) is 0 Å². The van der Waals surface area contributed by atoms with Crippen LogP contribution in [0.2, 0.25) is 0 Å². The van der Waals surface area contributed by atoms with E-state index in [-0.39, 0.29) is 17.5 Å². The van der Waals surface area contributed by atoms with Crippen molar-refractivity contribution in [3.63, 3.8) is 0 Å². The van der Waals surface area contributed by atoms with Gasteiger partial charge in [0.25, 0.3) is 0 Å². The second-order valence-electron chi connectivity index (χ2n) is 5.78. The zero-order valence-corrected chi connectivity index (χ0v) is 12.5. The third-order valence-electron chi connectivity index (χ3n) is 4.61. The molecule has 0 radical (unpaired) electrons. The molecule has 2 rings (SSSR count). The van der Waals surface area contributed by atoms with Crippen LogP contribution in [0.5, 0.6) is 11.5 Å². The number of hydrogen-bond acceptors (Lipinski definition) is 3. The summed E-state index contributed by atoms with van der Waals surface area (Å²) in [6.45, 7) is 11.3. The van der Waals surface area contributed by atoms with Crippen LogP contribution in [-0.4, -0.2) is 16.5 Å². The second kappa shape index (κ2) is 4.26. The number of rotatable bonds is 2. The molecule has 0 aliphatic carbocycles. The smallest absolute Gasteiger partial charge is 0.141 e. The highest BCUT2D eigenvalue weighted by Gasteiger charge is 2.48. The summed E-state index contributed by atoms with van der Waals surface area (Å²) in [5, 5.41) is 10.2. The average Bonchev–Trinajstić information content (AvgIpc) is 2.68. The van der Waals surface area contributed by atoms with E-state index < -0.39 is 5.60 Å². The van der Waals surface area contributed by atoms with Gasteiger partial charge in [-0.15, -0.1) is 0 Å². The van der Waals surface area contributed by atoms with Gasteiger partial charge in [-0.25, -0.2) is 0 Å². The SMILES string of the molecule is CCC1(C)Oc2c(C)c(C)c(O)c(C)c2[C@@H]1C(C)=O. The Morgan fingerprint density at radius 3 is 2.32 bits per heavy atom. The first kappa shape index (κ1) is 13.9. The van der Waals surface area contributed by atoms with Crippen molar-refractivity contribution >= 4 is 5.78 Å². The number of ether oxygens (including phenoxy) is 1. The van der Waals surface area contributed by atoms with Crippen molar-refractivity contribution in [1.29, 1.82) is 0 Å². The number of Topliss-reactive ketones (excluding diaryl/α,β-unsaturated/α-hetero) is 1. The molecule has 1 aromatic carbocycles. The Kier molecular flexibility index (Phi) is 3.12. The fourth-order valence-corrected chi connectivity index (χ4v) is 3.12. The summed E-state index contributed by atoms with van der Waals surface area (Å²) in [6.07, 6.45) is 0.755. The van der Waals surface area contributed by atoms with Crippen LogP contribution in [0.4, 0.5) is 0 Å². The van der Waals surface area contributed by atoms with Gasteiger partial charge in [0.2, 0.25) is 0 Å². The molecule has 1 aliphatic heterocycles. The molecule has 1 heterocycles. The summed E-state index contributed by atoms with van der Waals surface area (Å²) in [6, 6.07) is 0. The molecule has 3 heteroatoms. The molecule has 0 aromatic heterocycles. The van der Waals surface area contributed by atoms with E-state index in [1.54, 1.807) is 6.92 Å². The summed E-state index contributed by atoms with van der Waals surface area (Å²) >= 11 is 0. The van der Waals surface area contributed by atoms with Gasteiger partial charge in [-0.2, -0.15) is 0 Å². The fraction of sp³-hybridized carbons (Fsp3) is 0.562. The van der Waals surface area contributed by atoms with Crippen LogP contribution in [0, 0.1) is 20.8 Å². The minimum Gasteiger partial charge on any atom is -0.507 e. The first-order valence-electron chi connectivity index (χ1n) is 6.76. The van der Waals surface area contributed by atoms with Crippen LogP contribution in [0.25, 0.3) is 0 Å². The number of ketones is 1. The molecule has 0 saturated heterocycles. The van der Waals surface area contributed by atoms with Gasteiger partial charge < -0.3 is 9.84 Å². The maximum absolute atomic E-state index is 12.1. The van der Waals surface area contributed by atoms with Gasteiger partial charge in [0.15, 0.2) is 0 Å². The zero-order chi connectivity index (χ0) is 14.5. The number of hydrogen-bond donors (Lipinski definition) is 1. The van der Waals surface area contributed by atoms with Crippen molar-refractivity contribution < 1.29 is 14.6 Å². The molecule has 0 saturated carbocycles. The molecule has 0 bridgehead atoms. The predicted molar refractivity (Wildman–Crippen MR) is 75.1 cm³/mol. The molecule has 1 aromatic rings. The van der Waals surface area contributed by atoms with Gasteiger partial charge in [0.1, 0.15) is 22.9 Å². The Morgan fingerprint density at radius 1 is 1.26 bits per heavy atom. The second-order valence-corrected chi connectivity index (χ2v) is 5.78. The van der Waals surface area contributed by atoms with Gasteiger partial charge in [0.05, 0.1) is 5.92 Å². The predicted octanol–water partition coefficient (Wildman–Crippen LogP) is 3.55. The number of phenols is 1. The van der Waals surface area contributed by atoms with Gasteiger partial charge in [-0.05, 0) is 57.7 Å². The summed E-state index contributed by atoms with van der Waals surface area (Å²) < 4.78 is 6.13. The number of phenolic OH excluding ortho intramolecular Hbond substituents is 1. The van der Waals surface area contributed by atoms with Crippen molar-refractivity contribution in [2.45, 2.75) is 59.5 Å². The molecular weight excluding hydrogens is 240 g/mol. The van der Waals surface area contributed by atoms with Crippen LogP contribution >= 0.6 is 0 Å². The van der Waals surface area contributed by atoms with Crippen LogP contribution in [-0.2, 0) is 4.79 Å². The lowest BCUT2D eigenvalue weighted by Crippen LogP contribution is -2.37. The molecule has 1 aliphatic rings. The van der Waals surface area contributed by atoms with E-state index in [2.05, 4.69) is 0 Å². The summed E-state index contributed by atoms with van der Waals surface area (Å²) in [7, 11) is 0. The molecule has 0 fully saturated rings. The lowest BCUT2D eigenvalue weighted by atomic mass is 9.78. The highest BCUT2D eigenvalue weighted by Crippen LogP contribution is 2.52. The largest absolute Gasteiger partial charge is 0.507 e. The molecule has 19 heavy (non-hydrogen) atoms. The van der Waals surface area contributed by atoms with Gasteiger partial charge in [0, 0.05) is 5.56 Å². The molecule has 3 nitrogen and oxygen atoms in total. The minimum absolute atomic E-state index is 0.0915. The molecule has 0 amide bonds. The number of carbonyl (C=O) groups excluding carboxylic acids is 1. The highest BCUT2D eigenvalue weighted by molar-refractivity contribution is 5.88. The normalized spacial score (nSPS) is 25.1. The summed E-state index contributed by atoms with van der Waals surface area (Å²) in [5.74, 6) is 0.871. The van der Waals surface area contributed by atoms with Gasteiger partial charge >= 0.3 is 0 Å². The Labute approximate surface area is 114 Å². The van der Waals surface area contributed by atoms with Gasteiger partial charge in [-0.3, -0.25) is 4.79 Å². The summed E-state index contributed by atoms with van der Waals surface area (Å²) in [4.78, 5) is 12.1. The number of aromatic hydroxyl groups is 1. The molecular formula is C16H22O3. The Bertz CT molecular complexity index is 560. The quantitative estimate of drug-likeness (QED) is 0.886. The lowest BCUT2D eigenvalue weighted by Gasteiger charge is -2.28. The zero-order valence-electron chi connectivity index (χ0n) is 12.5. The van der Waals surface area contributed by atoms with E-state index in [0.717, 1.165) is 34.4 Å². The number of benzene rings is 1. The fourth-order valence-electron chi connectivity index (χ4n) is 3.12. The first-order valence-corrected chi connectivity index (χ1v) is 6.76. The van der Waals surface area contributed by atoms with E-state index in [9.17, 15) is 9.90 Å². The Hall–Kier alpha value is -1.51. The van der Waals surface area contributed by atoms with E-state index >= 15 is 0 Å². The van der Waals surface area contributed by atoms with Crippen molar-refractivity contribution in [2.75, 3.05) is 0 Å². The maximum Gasteiger partial charge on any atom is 0.141 e. The Morgan fingerprint density at radius 2 is 1.84 bits per heavy atom. The molecule has 2 atom stereocenters. The molecule has 0 spiro atoms. The van der Waals surface area contributed by atoms with Crippen LogP contribution in [0.1, 0.15) is 55.4 Å². The van der Waals surface area contributed by atoms with E-state index in [1.165, 1.54) is 0 Å². The van der Waals surface area contributed by atoms with Crippen molar-refractivity contribution in [3.05, 3.63) is 22.3 Å². The molecule has 1 unspecified atom stereocenters. The monoisotopic (exact) mass is 262 g/mol. The van der Waals surface area contributed by atoms with E-state index in [4.69, 9.17) is 4.74 Å². The molecule has 104 valence electrons. The average molecular weight is 262 g/mol. The van der Waals surface area contributed by atoms with Crippen molar-refractivity contribution in [3.8, 4) is 11.5 Å². The summed E-state index contributed by atoms with van der Waals surface area (Å²) in [5.41, 5.74) is 2.90. The van der Waals surface area contributed by atoms with Crippen LogP contribution < -0.4 is 4.74 Å². The standard InChI is InChI=1S/C16H22O3/c1-7-16(6)13(11(5)17)12-10(4)14(18)8(2)9(3)15(12)19-16/h13,18H,7H2,1-6H3/t13-,16?/m0/s1. The number of fused-ring (bicyclic) bond motifs is 1. The Balaban J connectivity index is 2.79. The topological polar surface area (TPSA) is 46.5 Å². The first-order chi connectivity index (χ1) is 8.74. The third kappa shape index (κ3) is 1.75. The van der Waals surface area contributed by atoms with Gasteiger partial charge in [-0.1, -0.05) is 6.92 Å². The van der Waals surface area contributed by atoms with E-state index in [1.807, 2.05) is 34.6 Å². The maximum atomic E-state index is 12.1.